The van der Waals surface area contributed by atoms with E-state index in [0.29, 0.717) is 6.04 Å². The second-order valence-electron chi connectivity index (χ2n) is 3.97. The van der Waals surface area contributed by atoms with Gasteiger partial charge < -0.3 is 5.32 Å². The van der Waals surface area contributed by atoms with E-state index in [0.717, 1.165) is 0 Å². The second kappa shape index (κ2) is 11.0. The maximum atomic E-state index is 4.85. The third-order valence-corrected chi connectivity index (χ3v) is 2.75. The number of hydrogen-bond acceptors (Lipinski definition) is 1. The van der Waals surface area contributed by atoms with Gasteiger partial charge in [-0.25, -0.2) is 0 Å². The molecule has 0 aliphatic rings. The van der Waals surface area contributed by atoms with Crippen molar-refractivity contribution in [2.24, 2.45) is 0 Å². The highest BCUT2D eigenvalue weighted by molar-refractivity contribution is 7.78. The van der Waals surface area contributed by atoms with Crippen molar-refractivity contribution in [1.29, 1.82) is 0 Å². The number of rotatable bonds is 10. The van der Waals surface area contributed by atoms with Crippen LogP contribution < -0.4 is 5.32 Å². The molecule has 2 heteroatoms. The SMILES string of the molecule is CCCCCC(CCCCC)NC=S. The molecular formula is C12H25NS. The normalized spacial score (nSPS) is 10.5. The van der Waals surface area contributed by atoms with Crippen molar-refractivity contribution in [2.45, 2.75) is 71.3 Å². The van der Waals surface area contributed by atoms with Crippen LogP contribution in [0.2, 0.25) is 0 Å². The fourth-order valence-electron chi connectivity index (χ4n) is 1.69. The molecule has 1 nitrogen and oxygen atoms in total. The Morgan fingerprint density at radius 2 is 1.50 bits per heavy atom. The molecule has 0 radical (unpaired) electrons. The van der Waals surface area contributed by atoms with Gasteiger partial charge in [-0.05, 0) is 12.8 Å². The highest BCUT2D eigenvalue weighted by Gasteiger charge is 2.04. The van der Waals surface area contributed by atoms with Crippen LogP contribution in [0.15, 0.2) is 0 Å². The molecule has 0 bridgehead atoms. The Hall–Kier alpha value is -0.110. The Balaban J connectivity index is 3.49. The molecule has 0 aromatic carbocycles. The van der Waals surface area contributed by atoms with E-state index < -0.39 is 0 Å². The largest absolute Gasteiger partial charge is 0.379 e. The molecule has 84 valence electrons. The predicted molar refractivity (Wildman–Crippen MR) is 68.9 cm³/mol. The summed E-state index contributed by atoms with van der Waals surface area (Å²) >= 11 is 4.85. The van der Waals surface area contributed by atoms with Gasteiger partial charge in [0.2, 0.25) is 0 Å². The molecule has 1 N–H and O–H groups in total. The van der Waals surface area contributed by atoms with Crippen LogP contribution in [0, 0.1) is 0 Å². The number of nitrogens with one attached hydrogen (secondary N) is 1. The van der Waals surface area contributed by atoms with E-state index in [2.05, 4.69) is 19.2 Å². The topological polar surface area (TPSA) is 12.0 Å². The zero-order valence-corrected chi connectivity index (χ0v) is 10.5. The highest BCUT2D eigenvalue weighted by atomic mass is 32.1. The van der Waals surface area contributed by atoms with Gasteiger partial charge in [0.15, 0.2) is 0 Å². The first-order chi connectivity index (χ1) is 6.85. The third kappa shape index (κ3) is 8.49. The van der Waals surface area contributed by atoms with E-state index in [4.69, 9.17) is 12.2 Å². The Kier molecular flexibility index (Phi) is 10.9. The number of hydrogen-bond donors (Lipinski definition) is 1. The molecule has 0 fully saturated rings. The molecule has 0 heterocycles. The van der Waals surface area contributed by atoms with Gasteiger partial charge in [0, 0.05) is 6.04 Å². The summed E-state index contributed by atoms with van der Waals surface area (Å²) < 4.78 is 0. The Morgan fingerprint density at radius 3 is 1.86 bits per heavy atom. The predicted octanol–water partition coefficient (Wildman–Crippen LogP) is 4.06. The summed E-state index contributed by atoms with van der Waals surface area (Å²) in [4.78, 5) is 0. The van der Waals surface area contributed by atoms with Gasteiger partial charge in [-0.2, -0.15) is 0 Å². The number of unbranched alkanes of at least 4 members (excludes halogenated alkanes) is 4. The maximum absolute atomic E-state index is 4.85. The lowest BCUT2D eigenvalue weighted by molar-refractivity contribution is 0.474. The van der Waals surface area contributed by atoms with Gasteiger partial charge in [-0.15, -0.1) is 0 Å². The second-order valence-corrected chi connectivity index (χ2v) is 4.21. The van der Waals surface area contributed by atoms with Crippen molar-refractivity contribution in [3.05, 3.63) is 0 Å². The summed E-state index contributed by atoms with van der Waals surface area (Å²) in [6, 6.07) is 0.630. The molecule has 0 aromatic heterocycles. The molecule has 14 heavy (non-hydrogen) atoms. The van der Waals surface area contributed by atoms with E-state index in [1.54, 1.807) is 5.49 Å². The van der Waals surface area contributed by atoms with Crippen LogP contribution in [0.3, 0.4) is 0 Å². The summed E-state index contributed by atoms with van der Waals surface area (Å²) in [5, 5.41) is 3.29. The fourth-order valence-corrected chi connectivity index (χ4v) is 1.88. The van der Waals surface area contributed by atoms with Crippen LogP contribution in [0.4, 0.5) is 0 Å². The summed E-state index contributed by atoms with van der Waals surface area (Å²) in [6.07, 6.45) is 10.5. The van der Waals surface area contributed by atoms with E-state index in [9.17, 15) is 0 Å². The minimum absolute atomic E-state index is 0.630. The van der Waals surface area contributed by atoms with Crippen LogP contribution in [-0.4, -0.2) is 11.5 Å². The number of thiocarbonyl (C=S) groups is 1. The van der Waals surface area contributed by atoms with Crippen LogP contribution in [0.1, 0.15) is 65.2 Å². The molecule has 0 unspecified atom stereocenters. The summed E-state index contributed by atoms with van der Waals surface area (Å²) in [5.74, 6) is 0. The van der Waals surface area contributed by atoms with Crippen LogP contribution >= 0.6 is 12.2 Å². The van der Waals surface area contributed by atoms with Gasteiger partial charge in [0.05, 0.1) is 5.49 Å². The van der Waals surface area contributed by atoms with Crippen molar-refractivity contribution in [3.63, 3.8) is 0 Å². The van der Waals surface area contributed by atoms with Crippen molar-refractivity contribution in [1.82, 2.24) is 5.32 Å². The van der Waals surface area contributed by atoms with Crippen molar-refractivity contribution in [2.75, 3.05) is 0 Å². The monoisotopic (exact) mass is 215 g/mol. The van der Waals surface area contributed by atoms with E-state index in [1.807, 2.05) is 0 Å². The van der Waals surface area contributed by atoms with Crippen LogP contribution in [0.25, 0.3) is 0 Å². The first kappa shape index (κ1) is 13.9. The van der Waals surface area contributed by atoms with E-state index >= 15 is 0 Å². The van der Waals surface area contributed by atoms with Gasteiger partial charge in [-0.1, -0.05) is 64.6 Å². The Bertz CT molecular complexity index is 115. The summed E-state index contributed by atoms with van der Waals surface area (Å²) in [7, 11) is 0. The molecule has 0 rings (SSSR count). The van der Waals surface area contributed by atoms with Gasteiger partial charge in [-0.3, -0.25) is 0 Å². The lowest BCUT2D eigenvalue weighted by atomic mass is 10.0. The Labute approximate surface area is 94.7 Å². The highest BCUT2D eigenvalue weighted by Crippen LogP contribution is 2.10. The van der Waals surface area contributed by atoms with Crippen LogP contribution in [0.5, 0.6) is 0 Å². The molecule has 0 atom stereocenters. The Morgan fingerprint density at radius 1 is 1.00 bits per heavy atom. The molecule has 0 aromatic rings. The first-order valence-electron chi connectivity index (χ1n) is 6.04. The molecule has 0 saturated heterocycles. The van der Waals surface area contributed by atoms with Crippen molar-refractivity contribution in [3.8, 4) is 0 Å². The minimum Gasteiger partial charge on any atom is -0.379 e. The lowest BCUT2D eigenvalue weighted by Crippen LogP contribution is -2.26. The van der Waals surface area contributed by atoms with Crippen LogP contribution in [-0.2, 0) is 0 Å². The zero-order chi connectivity index (χ0) is 10.6. The first-order valence-corrected chi connectivity index (χ1v) is 6.52. The lowest BCUT2D eigenvalue weighted by Gasteiger charge is -2.16. The molecular weight excluding hydrogens is 190 g/mol. The molecule has 0 amide bonds. The molecule has 0 saturated carbocycles. The van der Waals surface area contributed by atoms with Gasteiger partial charge in [0.25, 0.3) is 0 Å². The smallest absolute Gasteiger partial charge is 0.0617 e. The average molecular weight is 215 g/mol. The van der Waals surface area contributed by atoms with Crippen molar-refractivity contribution < 1.29 is 0 Å². The molecule has 0 aliphatic carbocycles. The summed E-state index contributed by atoms with van der Waals surface area (Å²) in [5.41, 5.74) is 1.68. The molecule has 0 spiro atoms. The van der Waals surface area contributed by atoms with E-state index in [-0.39, 0.29) is 0 Å². The van der Waals surface area contributed by atoms with E-state index in [1.165, 1.54) is 51.4 Å². The third-order valence-electron chi connectivity index (χ3n) is 2.62. The fraction of sp³-hybridized carbons (Fsp3) is 0.917. The van der Waals surface area contributed by atoms with Gasteiger partial charge >= 0.3 is 0 Å². The van der Waals surface area contributed by atoms with Gasteiger partial charge in [0.1, 0.15) is 0 Å². The molecule has 0 aliphatic heterocycles. The quantitative estimate of drug-likeness (QED) is 0.435. The average Bonchev–Trinajstić information content (AvgIpc) is 2.18. The minimum atomic E-state index is 0.630. The zero-order valence-electron chi connectivity index (χ0n) is 9.72. The van der Waals surface area contributed by atoms with Crippen molar-refractivity contribution >= 4 is 17.7 Å². The standard InChI is InChI=1S/C12H25NS/c1-3-5-7-9-12(13-11-14)10-8-6-4-2/h11-12H,3-10H2,1-2H3,(H,13,14). The maximum Gasteiger partial charge on any atom is 0.0617 e. The summed E-state index contributed by atoms with van der Waals surface area (Å²) in [6.45, 7) is 4.50.